The zero-order chi connectivity index (χ0) is 37.2. The van der Waals surface area contributed by atoms with Gasteiger partial charge in [0.2, 0.25) is 0 Å². The maximum atomic E-state index is 14.1. The van der Waals surface area contributed by atoms with E-state index >= 15 is 0 Å². The number of carbonyl (C=O) groups excluding carboxylic acids is 3. The number of ether oxygens (including phenoxy) is 1. The molecular formula is C37H53N7O7S. The predicted molar refractivity (Wildman–Crippen MR) is 197 cm³/mol. The molecule has 2 aromatic carbocycles. The van der Waals surface area contributed by atoms with Crippen molar-refractivity contribution in [3.05, 3.63) is 58.7 Å². The molecule has 15 heteroatoms. The second kappa shape index (κ2) is 16.0. The number of likely N-dealkylation sites (tertiary alicyclic amines) is 2. The summed E-state index contributed by atoms with van der Waals surface area (Å²) in [6, 6.07) is 11.6. The van der Waals surface area contributed by atoms with Crippen LogP contribution >= 0.6 is 0 Å². The Hall–Kier alpha value is -3.92. The number of benzene rings is 2. The predicted octanol–water partition coefficient (Wildman–Crippen LogP) is 3.03. The van der Waals surface area contributed by atoms with Crippen LogP contribution in [0.3, 0.4) is 0 Å². The lowest BCUT2D eigenvalue weighted by Gasteiger charge is -2.43. The van der Waals surface area contributed by atoms with E-state index in [2.05, 4.69) is 10.2 Å². The van der Waals surface area contributed by atoms with Crippen LogP contribution in [0.2, 0.25) is 0 Å². The van der Waals surface area contributed by atoms with Crippen molar-refractivity contribution >= 4 is 33.9 Å². The summed E-state index contributed by atoms with van der Waals surface area (Å²) in [5, 5.41) is 13.4. The van der Waals surface area contributed by atoms with Crippen LogP contribution in [0.1, 0.15) is 47.9 Å². The summed E-state index contributed by atoms with van der Waals surface area (Å²) in [5.41, 5.74) is 4.12. The summed E-state index contributed by atoms with van der Waals surface area (Å²) < 4.78 is 34.0. The molecule has 4 heterocycles. The molecule has 0 unspecified atom stereocenters. The highest BCUT2D eigenvalue weighted by Crippen LogP contribution is 2.28. The number of hydrogen-bond donors (Lipinski definition) is 2. The van der Waals surface area contributed by atoms with Crippen molar-refractivity contribution in [3.63, 3.8) is 0 Å². The molecule has 6 rings (SSSR count). The van der Waals surface area contributed by atoms with Crippen molar-refractivity contribution in [2.45, 2.75) is 70.6 Å². The summed E-state index contributed by atoms with van der Waals surface area (Å²) in [6.07, 6.45) is 2.05. The fourth-order valence-electron chi connectivity index (χ4n) is 8.04. The molecule has 52 heavy (non-hydrogen) atoms. The highest BCUT2D eigenvalue weighted by molar-refractivity contribution is 7.86. The Kier molecular flexibility index (Phi) is 11.6. The van der Waals surface area contributed by atoms with Crippen LogP contribution in [0.4, 0.5) is 15.3 Å². The number of piperazine rings is 1. The number of nitrogens with zero attached hydrogens (tertiary/aromatic N) is 6. The molecule has 0 aliphatic carbocycles. The minimum atomic E-state index is -3.45. The van der Waals surface area contributed by atoms with Gasteiger partial charge < -0.3 is 29.9 Å². The molecule has 1 atom stereocenters. The van der Waals surface area contributed by atoms with Gasteiger partial charge in [-0.1, -0.05) is 30.3 Å². The second-order valence-electron chi connectivity index (χ2n) is 14.7. The number of hydrogen-bond acceptors (Lipinski definition) is 8. The minimum Gasteiger partial charge on any atom is -0.507 e. The Morgan fingerprint density at radius 1 is 0.885 bits per heavy atom. The minimum absolute atomic E-state index is 0.0135. The number of carbonyl (C=O) groups is 3. The first-order chi connectivity index (χ1) is 24.8. The molecule has 3 fully saturated rings. The monoisotopic (exact) mass is 739 g/mol. The first-order valence-corrected chi connectivity index (χ1v) is 19.8. The van der Waals surface area contributed by atoms with Gasteiger partial charge in [0.15, 0.2) is 6.10 Å². The molecule has 4 aliphatic heterocycles. The van der Waals surface area contributed by atoms with Crippen LogP contribution < -0.4 is 5.32 Å². The molecule has 3 saturated heterocycles. The zero-order valence-corrected chi connectivity index (χ0v) is 31.6. The lowest BCUT2D eigenvalue weighted by Crippen LogP contribution is -2.57. The summed E-state index contributed by atoms with van der Waals surface area (Å²) in [5.74, 6) is -0.0385. The summed E-state index contributed by atoms with van der Waals surface area (Å²) in [7, 11) is -0.358. The fraction of sp³-hybridized carbons (Fsp3) is 0.595. The van der Waals surface area contributed by atoms with Crippen molar-refractivity contribution in [2.75, 3.05) is 78.3 Å². The Bertz CT molecular complexity index is 1710. The van der Waals surface area contributed by atoms with E-state index in [1.807, 2.05) is 55.1 Å². The van der Waals surface area contributed by atoms with Crippen molar-refractivity contribution in [1.82, 2.24) is 28.2 Å². The molecule has 284 valence electrons. The number of aryl methyl sites for hydroxylation is 2. The molecule has 14 nitrogen and oxygen atoms in total. The molecule has 2 N–H and O–H groups in total. The number of urea groups is 1. The number of anilines is 1. The van der Waals surface area contributed by atoms with Crippen LogP contribution in [0.15, 0.2) is 36.4 Å². The van der Waals surface area contributed by atoms with Crippen molar-refractivity contribution in [1.29, 1.82) is 0 Å². The lowest BCUT2D eigenvalue weighted by molar-refractivity contribution is -0.142. The standard InChI is InChI=1S/C37H53N7O7S/c1-26-23-28(24-27(2)34(26)45)25-33(35(46)41-14-10-30(11-15-41)40-19-21-43(22-20-40)52(49,50)39(3)4)51-37(48)42-16-12-31(13-17-42)44-18-9-29-7-5-6-8-32(29)38-36(44)47/h5-8,23-24,30-31,33,45H,9-22,25H2,1-4H3,(H,38,47)/t33-/m1/s1. The van der Waals surface area contributed by atoms with Crippen molar-refractivity contribution < 1.29 is 32.6 Å². The molecule has 0 spiro atoms. The SMILES string of the molecule is Cc1cc(C[C@@H](OC(=O)N2CCC(N3CCc4ccccc4NC3=O)CC2)C(=O)N2CCC(N3CCN(S(=O)(=O)N(C)C)CC3)CC2)cc(C)c1O. The molecule has 0 bridgehead atoms. The average molecular weight is 740 g/mol. The van der Waals surface area contributed by atoms with Crippen LogP contribution in [0.25, 0.3) is 0 Å². The summed E-state index contributed by atoms with van der Waals surface area (Å²) in [6.45, 7) is 8.19. The average Bonchev–Trinajstić information content (AvgIpc) is 3.31. The van der Waals surface area contributed by atoms with E-state index in [1.165, 1.54) is 8.61 Å². The van der Waals surface area contributed by atoms with Gasteiger partial charge in [0.05, 0.1) is 0 Å². The van der Waals surface area contributed by atoms with E-state index in [0.717, 1.165) is 36.1 Å². The van der Waals surface area contributed by atoms with Crippen molar-refractivity contribution in [2.24, 2.45) is 0 Å². The van der Waals surface area contributed by atoms with Gasteiger partial charge in [0, 0.05) is 97.2 Å². The molecule has 0 aromatic heterocycles. The van der Waals surface area contributed by atoms with E-state index in [0.29, 0.717) is 82.9 Å². The normalized spacial score (nSPS) is 20.7. The quantitative estimate of drug-likeness (QED) is 0.421. The van der Waals surface area contributed by atoms with E-state index in [1.54, 1.807) is 23.9 Å². The summed E-state index contributed by atoms with van der Waals surface area (Å²) in [4.78, 5) is 48.5. The van der Waals surface area contributed by atoms with Gasteiger partial charge in [-0.15, -0.1) is 0 Å². The number of piperidine rings is 2. The topological polar surface area (TPSA) is 146 Å². The van der Waals surface area contributed by atoms with Gasteiger partial charge >= 0.3 is 12.1 Å². The van der Waals surface area contributed by atoms with Gasteiger partial charge in [-0.05, 0) is 74.3 Å². The number of amides is 4. The first-order valence-electron chi connectivity index (χ1n) is 18.4. The number of aromatic hydroxyl groups is 1. The van der Waals surface area contributed by atoms with E-state index in [9.17, 15) is 27.9 Å². The summed E-state index contributed by atoms with van der Waals surface area (Å²) >= 11 is 0. The second-order valence-corrected chi connectivity index (χ2v) is 16.8. The van der Waals surface area contributed by atoms with Crippen LogP contribution in [-0.4, -0.2) is 151 Å². The van der Waals surface area contributed by atoms with Gasteiger partial charge in [-0.3, -0.25) is 9.69 Å². The van der Waals surface area contributed by atoms with E-state index < -0.39 is 22.4 Å². The number of nitrogens with one attached hydrogen (secondary N) is 1. The highest BCUT2D eigenvalue weighted by atomic mass is 32.2. The third-order valence-electron chi connectivity index (χ3n) is 11.1. The number of rotatable bonds is 8. The molecular weight excluding hydrogens is 687 g/mol. The van der Waals surface area contributed by atoms with E-state index in [-0.39, 0.29) is 36.2 Å². The maximum Gasteiger partial charge on any atom is 0.410 e. The molecule has 4 aliphatic rings. The maximum absolute atomic E-state index is 14.1. The number of phenols is 1. The Balaban J connectivity index is 1.06. The van der Waals surface area contributed by atoms with Crippen LogP contribution in [0.5, 0.6) is 5.75 Å². The van der Waals surface area contributed by atoms with Gasteiger partial charge in [-0.25, -0.2) is 9.59 Å². The van der Waals surface area contributed by atoms with Gasteiger partial charge in [-0.2, -0.15) is 17.0 Å². The zero-order valence-electron chi connectivity index (χ0n) is 30.8. The Labute approximate surface area is 307 Å². The van der Waals surface area contributed by atoms with Crippen molar-refractivity contribution in [3.8, 4) is 5.75 Å². The lowest BCUT2D eigenvalue weighted by atomic mass is 9.98. The van der Waals surface area contributed by atoms with Crippen LogP contribution in [-0.2, 0) is 32.6 Å². The smallest absolute Gasteiger partial charge is 0.410 e. The Morgan fingerprint density at radius 2 is 1.48 bits per heavy atom. The van der Waals surface area contributed by atoms with Crippen LogP contribution in [0, 0.1) is 13.8 Å². The molecule has 4 amide bonds. The van der Waals surface area contributed by atoms with Gasteiger partial charge in [0.25, 0.3) is 16.1 Å². The van der Waals surface area contributed by atoms with Gasteiger partial charge in [0.1, 0.15) is 5.75 Å². The molecule has 0 radical (unpaired) electrons. The highest BCUT2D eigenvalue weighted by Gasteiger charge is 2.37. The fourth-order valence-corrected chi connectivity index (χ4v) is 9.12. The van der Waals surface area contributed by atoms with E-state index in [4.69, 9.17) is 4.74 Å². The third kappa shape index (κ3) is 8.32. The Morgan fingerprint density at radius 3 is 2.12 bits per heavy atom. The molecule has 2 aromatic rings. The molecule has 0 saturated carbocycles. The first kappa shape index (κ1) is 37.8. The largest absolute Gasteiger partial charge is 0.507 e. The number of phenolic OH excluding ortho intramolecular Hbond substituents is 1. The number of fused-ring (bicyclic) bond motifs is 1. The third-order valence-corrected chi connectivity index (χ3v) is 13.1. The number of para-hydroxylation sites is 1.